The first-order valence-corrected chi connectivity index (χ1v) is 19.4. The van der Waals surface area contributed by atoms with Gasteiger partial charge in [-0.2, -0.15) is 0 Å². The van der Waals surface area contributed by atoms with Gasteiger partial charge in [-0.25, -0.2) is 15.0 Å². The van der Waals surface area contributed by atoms with Gasteiger partial charge in [-0.3, -0.25) is 0 Å². The molecule has 9 aromatic rings. The first kappa shape index (κ1) is 32.5. The van der Waals surface area contributed by atoms with Crippen molar-refractivity contribution in [1.82, 2.24) is 15.0 Å². The minimum Gasteiger partial charge on any atom is -0.208 e. The summed E-state index contributed by atoms with van der Waals surface area (Å²) in [6.45, 7) is 4.76. The van der Waals surface area contributed by atoms with Crippen LogP contribution in [0, 0.1) is 0 Å². The van der Waals surface area contributed by atoms with Gasteiger partial charge in [0.05, 0.1) is 5.41 Å². The molecule has 0 saturated carbocycles. The molecule has 264 valence electrons. The van der Waals surface area contributed by atoms with E-state index in [1.54, 1.807) is 0 Å². The summed E-state index contributed by atoms with van der Waals surface area (Å²) in [5, 5.41) is 2.24. The number of fused-ring (bicyclic) bond motifs is 10. The Morgan fingerprint density at radius 2 is 0.821 bits per heavy atom. The largest absolute Gasteiger partial charge is 0.208 e. The van der Waals surface area contributed by atoms with Gasteiger partial charge in [0.1, 0.15) is 0 Å². The van der Waals surface area contributed by atoms with E-state index < -0.39 is 5.41 Å². The zero-order chi connectivity index (χ0) is 37.4. The molecule has 0 bridgehead atoms. The minimum absolute atomic E-state index is 0.205. The van der Waals surface area contributed by atoms with Crippen LogP contribution in [0.5, 0.6) is 0 Å². The lowest BCUT2D eigenvalue weighted by atomic mass is 9.55. The van der Waals surface area contributed by atoms with Crippen LogP contribution in [0.1, 0.15) is 47.2 Å². The van der Waals surface area contributed by atoms with Gasteiger partial charge in [0.2, 0.25) is 0 Å². The molecule has 1 aromatic heterocycles. The summed E-state index contributed by atoms with van der Waals surface area (Å²) in [5.74, 6) is 1.96. The zero-order valence-electron chi connectivity index (χ0n) is 31.2. The van der Waals surface area contributed by atoms with Crippen molar-refractivity contribution in [3.8, 4) is 56.4 Å². The molecule has 2 aliphatic rings. The van der Waals surface area contributed by atoms with Crippen molar-refractivity contribution in [2.75, 3.05) is 0 Å². The van der Waals surface area contributed by atoms with E-state index in [0.29, 0.717) is 17.5 Å². The van der Waals surface area contributed by atoms with Crippen LogP contribution in [0.15, 0.2) is 188 Å². The van der Waals surface area contributed by atoms with Crippen LogP contribution in [-0.2, 0) is 10.8 Å². The molecule has 1 spiro atoms. The summed E-state index contributed by atoms with van der Waals surface area (Å²) in [5.41, 5.74) is 15.2. The fraction of sp³-hybridized carbons (Fsp3) is 0.0755. The van der Waals surface area contributed by atoms with Gasteiger partial charge >= 0.3 is 0 Å². The number of hydrogen-bond acceptors (Lipinski definition) is 3. The number of benzene rings is 8. The molecule has 0 aliphatic heterocycles. The Balaban J connectivity index is 1.18. The second kappa shape index (κ2) is 12.3. The molecule has 3 heteroatoms. The van der Waals surface area contributed by atoms with Crippen LogP contribution >= 0.6 is 0 Å². The molecule has 0 unspecified atom stereocenters. The molecule has 0 radical (unpaired) electrons. The molecule has 0 fully saturated rings. The molecule has 56 heavy (non-hydrogen) atoms. The van der Waals surface area contributed by atoms with E-state index in [1.807, 2.05) is 36.4 Å². The summed E-state index contributed by atoms with van der Waals surface area (Å²) >= 11 is 0. The number of rotatable bonds is 4. The molecule has 2 aliphatic carbocycles. The lowest BCUT2D eigenvalue weighted by Gasteiger charge is -2.46. The third-order valence-corrected chi connectivity index (χ3v) is 12.2. The fourth-order valence-electron chi connectivity index (χ4n) is 9.63. The van der Waals surface area contributed by atoms with E-state index >= 15 is 0 Å². The maximum Gasteiger partial charge on any atom is 0.164 e. The third kappa shape index (κ3) is 4.67. The molecular formula is C53H37N3. The molecule has 0 atom stereocenters. The van der Waals surface area contributed by atoms with Gasteiger partial charge in [-0.05, 0) is 84.6 Å². The number of nitrogens with zero attached hydrogens (tertiary/aromatic N) is 3. The second-order valence-corrected chi connectivity index (χ2v) is 15.6. The maximum atomic E-state index is 5.18. The van der Waals surface area contributed by atoms with E-state index in [1.165, 1.54) is 44.5 Å². The van der Waals surface area contributed by atoms with Crippen LogP contribution < -0.4 is 0 Å². The van der Waals surface area contributed by atoms with E-state index in [2.05, 4.69) is 166 Å². The standard InChI is InChI=1S/C53H37N3/c1-52(2)45-27-15-16-28-47(45)53(43-25-13-11-23-40(43)41-24-12-14-26-44(41)53)48-33-36(29-30-46(48)52)38-31-37-21-9-10-22-39(37)42(32-38)51-55-49(34-17-5-3-6-18-34)54-50(56-51)35-19-7-4-8-20-35/h3-33H,1-2H3. The zero-order valence-corrected chi connectivity index (χ0v) is 31.2. The van der Waals surface area contributed by atoms with Gasteiger partial charge in [0.25, 0.3) is 0 Å². The predicted molar refractivity (Wildman–Crippen MR) is 229 cm³/mol. The van der Waals surface area contributed by atoms with Crippen LogP contribution in [0.4, 0.5) is 0 Å². The summed E-state index contributed by atoms with van der Waals surface area (Å²) in [4.78, 5) is 15.4. The van der Waals surface area contributed by atoms with Crippen LogP contribution in [0.25, 0.3) is 67.2 Å². The average molecular weight is 716 g/mol. The third-order valence-electron chi connectivity index (χ3n) is 12.2. The van der Waals surface area contributed by atoms with Crippen molar-refractivity contribution >= 4 is 10.8 Å². The van der Waals surface area contributed by atoms with E-state index in [9.17, 15) is 0 Å². The Morgan fingerprint density at radius 1 is 0.321 bits per heavy atom. The molecule has 0 amide bonds. The van der Waals surface area contributed by atoms with Crippen molar-refractivity contribution in [3.63, 3.8) is 0 Å². The SMILES string of the molecule is CC1(C)c2ccccc2C2(c3ccccc3-c3ccccc32)c2cc(-c3cc(-c4nc(-c5ccccc5)nc(-c5ccccc5)n4)c4ccccc4c3)ccc21. The molecule has 1 heterocycles. The fourth-order valence-corrected chi connectivity index (χ4v) is 9.63. The Bertz CT molecular complexity index is 2900. The number of hydrogen-bond donors (Lipinski definition) is 0. The van der Waals surface area contributed by atoms with Crippen molar-refractivity contribution < 1.29 is 0 Å². The quantitative estimate of drug-likeness (QED) is 0.182. The van der Waals surface area contributed by atoms with E-state index in [-0.39, 0.29) is 5.41 Å². The van der Waals surface area contributed by atoms with Crippen molar-refractivity contribution in [2.24, 2.45) is 0 Å². The van der Waals surface area contributed by atoms with Gasteiger partial charge in [-0.15, -0.1) is 0 Å². The Hall–Kier alpha value is -6.97. The molecule has 0 N–H and O–H groups in total. The van der Waals surface area contributed by atoms with Crippen molar-refractivity contribution in [2.45, 2.75) is 24.7 Å². The van der Waals surface area contributed by atoms with Crippen LogP contribution in [-0.4, -0.2) is 15.0 Å². The average Bonchev–Trinajstić information content (AvgIpc) is 3.56. The first-order chi connectivity index (χ1) is 27.5. The van der Waals surface area contributed by atoms with Gasteiger partial charge in [0.15, 0.2) is 17.5 Å². The van der Waals surface area contributed by atoms with Gasteiger partial charge in [-0.1, -0.05) is 184 Å². The van der Waals surface area contributed by atoms with E-state index in [0.717, 1.165) is 38.6 Å². The topological polar surface area (TPSA) is 38.7 Å². The second-order valence-electron chi connectivity index (χ2n) is 15.6. The van der Waals surface area contributed by atoms with Crippen molar-refractivity contribution in [1.29, 1.82) is 0 Å². The highest BCUT2D eigenvalue weighted by molar-refractivity contribution is 5.99. The van der Waals surface area contributed by atoms with Gasteiger partial charge < -0.3 is 0 Å². The minimum atomic E-state index is -0.465. The Kier molecular flexibility index (Phi) is 7.11. The highest BCUT2D eigenvalue weighted by Gasteiger charge is 2.53. The molecule has 11 rings (SSSR count). The van der Waals surface area contributed by atoms with Crippen LogP contribution in [0.2, 0.25) is 0 Å². The monoisotopic (exact) mass is 715 g/mol. The van der Waals surface area contributed by atoms with Gasteiger partial charge in [0, 0.05) is 22.1 Å². The summed E-state index contributed by atoms with van der Waals surface area (Å²) in [7, 11) is 0. The summed E-state index contributed by atoms with van der Waals surface area (Å²) in [6.07, 6.45) is 0. The lowest BCUT2D eigenvalue weighted by Crippen LogP contribution is -2.40. The lowest BCUT2D eigenvalue weighted by molar-refractivity contribution is 0.563. The maximum absolute atomic E-state index is 5.18. The summed E-state index contributed by atoms with van der Waals surface area (Å²) < 4.78 is 0. The molecule has 0 saturated heterocycles. The van der Waals surface area contributed by atoms with Crippen LogP contribution in [0.3, 0.4) is 0 Å². The smallest absolute Gasteiger partial charge is 0.164 e. The highest BCUT2D eigenvalue weighted by Crippen LogP contribution is 2.62. The predicted octanol–water partition coefficient (Wildman–Crippen LogP) is 12.7. The molecular weight excluding hydrogens is 679 g/mol. The Labute approximate surface area is 327 Å². The van der Waals surface area contributed by atoms with E-state index in [4.69, 9.17) is 15.0 Å². The highest BCUT2D eigenvalue weighted by atomic mass is 15.0. The molecule has 8 aromatic carbocycles. The van der Waals surface area contributed by atoms with Crippen molar-refractivity contribution in [3.05, 3.63) is 221 Å². The normalized spacial score (nSPS) is 14.2. The summed E-state index contributed by atoms with van der Waals surface area (Å²) in [6, 6.07) is 68.0. The number of aromatic nitrogens is 3. The Morgan fingerprint density at radius 3 is 1.46 bits per heavy atom. The molecule has 3 nitrogen and oxygen atoms in total. The first-order valence-electron chi connectivity index (χ1n) is 19.4.